The van der Waals surface area contributed by atoms with Gasteiger partial charge in [-0.3, -0.25) is 4.79 Å². The van der Waals surface area contributed by atoms with Crippen LogP contribution in [0.15, 0.2) is 29.1 Å². The van der Waals surface area contributed by atoms with Crippen molar-refractivity contribution in [3.8, 4) is 17.1 Å². The number of hydrogen-bond acceptors (Lipinski definition) is 7. The minimum absolute atomic E-state index is 0.145. The summed E-state index contributed by atoms with van der Waals surface area (Å²) in [5.74, 6) is -0.446. The summed E-state index contributed by atoms with van der Waals surface area (Å²) in [5, 5.41) is 20.0. The third kappa shape index (κ3) is 2.15. The van der Waals surface area contributed by atoms with Crippen molar-refractivity contribution >= 4 is 16.9 Å². The van der Waals surface area contributed by atoms with Crippen molar-refractivity contribution in [1.29, 1.82) is 0 Å². The van der Waals surface area contributed by atoms with E-state index in [0.717, 1.165) is 16.5 Å². The van der Waals surface area contributed by atoms with Gasteiger partial charge in [-0.25, -0.2) is 15.0 Å². The smallest absolute Gasteiger partial charge is 0.340 e. The number of carbonyl (C=O) groups excluding carboxylic acids is 1. The molecule has 2 aliphatic rings. The Bertz CT molecular complexity index is 1230. The predicted octanol–water partition coefficient (Wildman–Crippen LogP) is 1.93. The zero-order valence-electron chi connectivity index (χ0n) is 14.9. The minimum Gasteiger partial charge on any atom is -0.458 e. The number of benzene rings is 1. The van der Waals surface area contributed by atoms with E-state index in [2.05, 4.69) is 4.89 Å². The number of nitrogens with zero attached hydrogens (tertiary/aromatic N) is 2. The van der Waals surface area contributed by atoms with Crippen LogP contribution in [0.3, 0.4) is 0 Å². The number of aryl methyl sites for hydroxylation is 1. The molecule has 2 N–H and O–H groups in total. The third-order valence-electron chi connectivity index (χ3n) is 5.50. The molecule has 1 aromatic carbocycles. The van der Waals surface area contributed by atoms with Gasteiger partial charge in [0.1, 0.15) is 6.61 Å². The lowest BCUT2D eigenvalue weighted by atomic mass is 9.97. The number of pyridine rings is 2. The Hall–Kier alpha value is -3.23. The van der Waals surface area contributed by atoms with Crippen LogP contribution in [0.2, 0.25) is 0 Å². The lowest BCUT2D eigenvalue weighted by molar-refractivity contribution is -0.157. The number of esters is 1. The van der Waals surface area contributed by atoms with Crippen molar-refractivity contribution in [3.63, 3.8) is 0 Å². The Labute approximate surface area is 158 Å². The van der Waals surface area contributed by atoms with Gasteiger partial charge < -0.3 is 19.3 Å². The van der Waals surface area contributed by atoms with E-state index in [0.29, 0.717) is 41.2 Å². The number of cyclic esters (lactones) is 1. The first-order valence-electron chi connectivity index (χ1n) is 8.92. The highest BCUT2D eigenvalue weighted by Gasteiger charge is 2.34. The summed E-state index contributed by atoms with van der Waals surface area (Å²) >= 11 is 0. The Morgan fingerprint density at radius 2 is 2.11 bits per heavy atom. The average molecular weight is 380 g/mol. The normalized spacial score (nSPS) is 17.1. The van der Waals surface area contributed by atoms with Gasteiger partial charge in [-0.15, -0.1) is 0 Å². The van der Waals surface area contributed by atoms with Crippen LogP contribution in [-0.4, -0.2) is 25.9 Å². The molecule has 4 heterocycles. The maximum Gasteiger partial charge on any atom is 0.340 e. The van der Waals surface area contributed by atoms with E-state index >= 15 is 0 Å². The zero-order valence-corrected chi connectivity index (χ0v) is 14.9. The molecule has 0 aliphatic carbocycles. The van der Waals surface area contributed by atoms with Gasteiger partial charge >= 0.3 is 5.97 Å². The van der Waals surface area contributed by atoms with Gasteiger partial charge in [0.05, 0.1) is 29.0 Å². The van der Waals surface area contributed by atoms with Gasteiger partial charge in [0.2, 0.25) is 0 Å². The van der Waals surface area contributed by atoms with Crippen LogP contribution in [0.25, 0.3) is 22.3 Å². The van der Waals surface area contributed by atoms with E-state index in [9.17, 15) is 14.7 Å². The molecule has 142 valence electrons. The molecule has 0 saturated carbocycles. The van der Waals surface area contributed by atoms with Crippen molar-refractivity contribution in [2.24, 2.45) is 0 Å². The molecule has 2 aromatic heterocycles. The molecular formula is C20H16N2O6. The average Bonchev–Trinajstić information content (AvgIpc) is 3.07. The first-order valence-corrected chi connectivity index (χ1v) is 8.92. The molecule has 0 bridgehead atoms. The molecule has 1 unspecified atom stereocenters. The van der Waals surface area contributed by atoms with E-state index in [1.165, 1.54) is 0 Å². The molecule has 8 heteroatoms. The fraction of sp³-hybridized carbons (Fsp3) is 0.250. The highest BCUT2D eigenvalue weighted by atomic mass is 17.1. The number of ether oxygens (including phenoxy) is 1. The van der Waals surface area contributed by atoms with E-state index in [1.807, 2.05) is 6.92 Å². The van der Waals surface area contributed by atoms with Crippen LogP contribution < -0.4 is 10.4 Å². The number of aliphatic hydroxyl groups excluding tert-OH is 1. The first kappa shape index (κ1) is 16.9. The molecular weight excluding hydrogens is 364 g/mol. The van der Waals surface area contributed by atoms with Crippen molar-refractivity contribution in [2.45, 2.75) is 32.6 Å². The van der Waals surface area contributed by atoms with Crippen molar-refractivity contribution in [1.82, 2.24) is 9.55 Å². The Kier molecular flexibility index (Phi) is 3.55. The summed E-state index contributed by atoms with van der Waals surface area (Å²) in [5.41, 5.74) is 4.14. The lowest BCUT2D eigenvalue weighted by Crippen LogP contribution is -2.32. The van der Waals surface area contributed by atoms with Gasteiger partial charge in [-0.2, -0.15) is 0 Å². The molecule has 3 aromatic rings. The van der Waals surface area contributed by atoms with Gasteiger partial charge in [-0.1, -0.05) is 6.92 Å². The number of rotatable bonds is 2. The SMILES string of the molecule is CCc1c2c(nc3ccc(OO)cc13)-c1cc3c(c(=O)n1C2)COC(=O)C3O. The second-order valence-electron chi connectivity index (χ2n) is 6.91. The number of aromatic nitrogens is 2. The Morgan fingerprint density at radius 1 is 1.29 bits per heavy atom. The molecule has 0 radical (unpaired) electrons. The van der Waals surface area contributed by atoms with Gasteiger partial charge in [-0.05, 0) is 36.2 Å². The summed E-state index contributed by atoms with van der Waals surface area (Å²) in [6.45, 7) is 2.21. The zero-order chi connectivity index (χ0) is 19.6. The first-order chi connectivity index (χ1) is 13.5. The summed E-state index contributed by atoms with van der Waals surface area (Å²) in [7, 11) is 0. The quantitative estimate of drug-likeness (QED) is 0.310. The molecule has 0 amide bonds. The maximum atomic E-state index is 13.0. The fourth-order valence-electron chi connectivity index (χ4n) is 4.15. The predicted molar refractivity (Wildman–Crippen MR) is 97.9 cm³/mol. The number of aliphatic hydroxyl groups is 1. The van der Waals surface area contributed by atoms with Crippen molar-refractivity contribution in [3.05, 3.63) is 56.9 Å². The van der Waals surface area contributed by atoms with E-state index in [4.69, 9.17) is 15.0 Å². The van der Waals surface area contributed by atoms with Crippen molar-refractivity contribution in [2.75, 3.05) is 0 Å². The Morgan fingerprint density at radius 3 is 2.86 bits per heavy atom. The number of fused-ring (bicyclic) bond motifs is 5. The molecule has 2 aliphatic heterocycles. The molecule has 0 spiro atoms. The van der Waals surface area contributed by atoms with Gasteiger partial charge in [0.25, 0.3) is 5.56 Å². The summed E-state index contributed by atoms with van der Waals surface area (Å²) in [6, 6.07) is 6.73. The molecule has 28 heavy (non-hydrogen) atoms. The van der Waals surface area contributed by atoms with Gasteiger partial charge in [0.15, 0.2) is 11.9 Å². The lowest BCUT2D eigenvalue weighted by Gasteiger charge is -2.21. The highest BCUT2D eigenvalue weighted by molar-refractivity contribution is 5.89. The third-order valence-corrected chi connectivity index (χ3v) is 5.50. The van der Waals surface area contributed by atoms with Crippen molar-refractivity contribution < 1.29 is 24.8 Å². The largest absolute Gasteiger partial charge is 0.458 e. The van der Waals surface area contributed by atoms with E-state index in [1.54, 1.807) is 28.8 Å². The molecule has 0 fully saturated rings. The number of carbonyl (C=O) groups is 1. The van der Waals surface area contributed by atoms with Crippen LogP contribution >= 0.6 is 0 Å². The van der Waals surface area contributed by atoms with Crippen LogP contribution in [-0.2, 0) is 29.1 Å². The second kappa shape index (κ2) is 5.88. The summed E-state index contributed by atoms with van der Waals surface area (Å²) in [4.78, 5) is 33.8. The van der Waals surface area contributed by atoms with Crippen LogP contribution in [0.5, 0.6) is 5.75 Å². The highest BCUT2D eigenvalue weighted by Crippen LogP contribution is 2.38. The van der Waals surface area contributed by atoms with Gasteiger partial charge in [0, 0.05) is 16.5 Å². The molecule has 1 atom stereocenters. The van der Waals surface area contributed by atoms with Crippen LogP contribution in [0.1, 0.15) is 35.3 Å². The fourth-order valence-corrected chi connectivity index (χ4v) is 4.15. The molecule has 5 rings (SSSR count). The molecule has 0 saturated heterocycles. The second-order valence-corrected chi connectivity index (χ2v) is 6.91. The van der Waals surface area contributed by atoms with E-state index in [-0.39, 0.29) is 17.7 Å². The standard InChI is InChI=1S/C20H16N2O6/c1-2-10-11-5-9(28-26)3-4-15(11)21-17-13(10)7-22-16(17)6-12-14(19(22)24)8-27-20(25)18(12)23/h3-6,18,23,26H,2,7-8H2,1H3. The monoisotopic (exact) mass is 380 g/mol. The minimum atomic E-state index is -1.47. The topological polar surface area (TPSA) is 111 Å². The van der Waals surface area contributed by atoms with Crippen LogP contribution in [0.4, 0.5) is 0 Å². The number of hydrogen-bond donors (Lipinski definition) is 2. The van der Waals surface area contributed by atoms with E-state index < -0.39 is 12.1 Å². The Balaban J connectivity index is 1.80. The molecule has 8 nitrogen and oxygen atoms in total. The summed E-state index contributed by atoms with van der Waals surface area (Å²) in [6.07, 6.45) is -0.773. The summed E-state index contributed by atoms with van der Waals surface area (Å²) < 4.78 is 6.51. The maximum absolute atomic E-state index is 13.0. The van der Waals surface area contributed by atoms with Crippen LogP contribution in [0, 0.1) is 0 Å².